The monoisotopic (exact) mass is 321 g/mol. The second-order valence-corrected chi connectivity index (χ2v) is 5.60. The van der Waals surface area contributed by atoms with E-state index in [1.165, 1.54) is 6.07 Å². The van der Waals surface area contributed by atoms with Crippen molar-refractivity contribution in [2.45, 2.75) is 20.8 Å². The molecule has 6 nitrogen and oxygen atoms in total. The molecular weight excluding hydrogens is 302 g/mol. The van der Waals surface area contributed by atoms with Crippen molar-refractivity contribution >= 4 is 12.2 Å². The summed E-state index contributed by atoms with van der Waals surface area (Å²) in [6.45, 7) is 5.87. The molecule has 3 aromatic rings. The maximum absolute atomic E-state index is 11.4. The molecule has 122 valence electrons. The zero-order chi connectivity index (χ0) is 17.1. The second-order valence-electron chi connectivity index (χ2n) is 5.60. The van der Waals surface area contributed by atoms with Crippen molar-refractivity contribution in [2.24, 2.45) is 5.10 Å². The molecule has 0 saturated heterocycles. The summed E-state index contributed by atoms with van der Waals surface area (Å²) in [5, 5.41) is 4.18. The number of nitrogens with zero attached hydrogens (tertiary/aromatic N) is 3. The standard InChI is InChI=1S/C18H19N5O/c1-12-9-17(24)21-18(20-12)22-19-11-15-10-13(2)23(14(15)3)16-7-5-4-6-8-16/h4-11H,1-3H3,(H2,20,21,22,24)/b19-11-. The minimum atomic E-state index is -0.206. The number of benzene rings is 1. The molecule has 24 heavy (non-hydrogen) atoms. The minimum absolute atomic E-state index is 0.206. The number of para-hydroxylation sites is 1. The molecule has 0 bridgehead atoms. The third-order valence-corrected chi connectivity index (χ3v) is 3.73. The van der Waals surface area contributed by atoms with Crippen molar-refractivity contribution in [2.75, 3.05) is 5.43 Å². The molecule has 0 fully saturated rings. The topological polar surface area (TPSA) is 75.1 Å². The number of H-pyrrole nitrogens is 1. The zero-order valence-electron chi connectivity index (χ0n) is 13.9. The molecule has 0 aliphatic heterocycles. The van der Waals surface area contributed by atoms with Crippen LogP contribution in [-0.2, 0) is 0 Å². The predicted octanol–water partition coefficient (Wildman–Crippen LogP) is 2.93. The van der Waals surface area contributed by atoms with Gasteiger partial charge in [0.2, 0.25) is 5.95 Å². The van der Waals surface area contributed by atoms with Gasteiger partial charge in [-0.1, -0.05) is 18.2 Å². The van der Waals surface area contributed by atoms with E-state index >= 15 is 0 Å². The fraction of sp³-hybridized carbons (Fsp3) is 0.167. The second kappa shape index (κ2) is 6.54. The van der Waals surface area contributed by atoms with Gasteiger partial charge in [0.1, 0.15) is 0 Å². The third kappa shape index (κ3) is 3.27. The van der Waals surface area contributed by atoms with Crippen LogP contribution in [0.15, 0.2) is 52.4 Å². The Morgan fingerprint density at radius 1 is 1.17 bits per heavy atom. The van der Waals surface area contributed by atoms with E-state index in [1.54, 1.807) is 13.1 Å². The highest BCUT2D eigenvalue weighted by Crippen LogP contribution is 2.19. The summed E-state index contributed by atoms with van der Waals surface area (Å²) in [4.78, 5) is 18.2. The maximum Gasteiger partial charge on any atom is 0.252 e. The van der Waals surface area contributed by atoms with Crippen LogP contribution in [0.2, 0.25) is 0 Å². The summed E-state index contributed by atoms with van der Waals surface area (Å²) >= 11 is 0. The van der Waals surface area contributed by atoms with Gasteiger partial charge >= 0.3 is 0 Å². The number of hydrogen-bond donors (Lipinski definition) is 2. The van der Waals surface area contributed by atoms with E-state index in [-0.39, 0.29) is 5.56 Å². The molecule has 0 radical (unpaired) electrons. The van der Waals surface area contributed by atoms with E-state index in [9.17, 15) is 4.79 Å². The van der Waals surface area contributed by atoms with Gasteiger partial charge < -0.3 is 4.57 Å². The van der Waals surface area contributed by atoms with Gasteiger partial charge in [0.05, 0.1) is 6.21 Å². The summed E-state index contributed by atoms with van der Waals surface area (Å²) in [6.07, 6.45) is 1.73. The Kier molecular flexibility index (Phi) is 4.29. The Balaban J connectivity index is 1.84. The van der Waals surface area contributed by atoms with Gasteiger partial charge in [-0.25, -0.2) is 10.4 Å². The lowest BCUT2D eigenvalue weighted by Gasteiger charge is -2.08. The summed E-state index contributed by atoms with van der Waals surface area (Å²) in [6, 6.07) is 13.7. The zero-order valence-corrected chi connectivity index (χ0v) is 13.9. The number of rotatable bonds is 4. The van der Waals surface area contributed by atoms with Gasteiger partial charge in [0.15, 0.2) is 0 Å². The molecule has 0 aliphatic carbocycles. The molecule has 0 aliphatic rings. The first-order valence-corrected chi connectivity index (χ1v) is 7.66. The Morgan fingerprint density at radius 3 is 2.62 bits per heavy atom. The highest BCUT2D eigenvalue weighted by molar-refractivity contribution is 5.82. The van der Waals surface area contributed by atoms with E-state index < -0.39 is 0 Å². The normalized spacial score (nSPS) is 11.1. The van der Waals surface area contributed by atoms with Crippen molar-refractivity contribution in [3.63, 3.8) is 0 Å². The number of hydrogen-bond acceptors (Lipinski definition) is 4. The molecule has 2 heterocycles. The van der Waals surface area contributed by atoms with Crippen LogP contribution in [0.5, 0.6) is 0 Å². The molecule has 0 unspecified atom stereocenters. The first-order valence-electron chi connectivity index (χ1n) is 7.66. The number of nitrogens with one attached hydrogen (secondary N) is 2. The first kappa shape index (κ1) is 15.7. The van der Waals surface area contributed by atoms with Crippen molar-refractivity contribution in [3.8, 4) is 5.69 Å². The molecular formula is C18H19N5O. The van der Waals surface area contributed by atoms with Crippen LogP contribution in [0.3, 0.4) is 0 Å². The van der Waals surface area contributed by atoms with E-state index in [0.29, 0.717) is 11.6 Å². The van der Waals surface area contributed by atoms with E-state index in [4.69, 9.17) is 0 Å². The van der Waals surface area contributed by atoms with Crippen LogP contribution in [-0.4, -0.2) is 20.7 Å². The van der Waals surface area contributed by atoms with Gasteiger partial charge in [0.25, 0.3) is 5.56 Å². The fourth-order valence-corrected chi connectivity index (χ4v) is 2.69. The lowest BCUT2D eigenvalue weighted by atomic mass is 10.2. The third-order valence-electron chi connectivity index (χ3n) is 3.73. The summed E-state index contributed by atoms with van der Waals surface area (Å²) in [5.41, 5.74) is 7.53. The number of aromatic amines is 1. The van der Waals surface area contributed by atoms with Gasteiger partial charge in [0, 0.05) is 34.4 Å². The Morgan fingerprint density at radius 2 is 1.92 bits per heavy atom. The highest BCUT2D eigenvalue weighted by atomic mass is 16.1. The van der Waals surface area contributed by atoms with Gasteiger partial charge in [-0.15, -0.1) is 0 Å². The molecule has 0 spiro atoms. The lowest BCUT2D eigenvalue weighted by molar-refractivity contribution is 0.965. The molecule has 0 atom stereocenters. The lowest BCUT2D eigenvalue weighted by Crippen LogP contribution is -2.10. The highest BCUT2D eigenvalue weighted by Gasteiger charge is 2.08. The number of aromatic nitrogens is 3. The molecule has 0 saturated carbocycles. The first-order chi connectivity index (χ1) is 11.5. The molecule has 2 aromatic heterocycles. The van der Waals surface area contributed by atoms with Crippen molar-refractivity contribution in [1.82, 2.24) is 14.5 Å². The molecule has 3 rings (SSSR count). The molecule has 6 heteroatoms. The van der Waals surface area contributed by atoms with Crippen LogP contribution in [0, 0.1) is 20.8 Å². The smallest absolute Gasteiger partial charge is 0.252 e. The van der Waals surface area contributed by atoms with Crippen LogP contribution >= 0.6 is 0 Å². The average Bonchev–Trinajstić information content (AvgIpc) is 2.81. The SMILES string of the molecule is Cc1cc(=O)[nH]c(N/N=C\c2cc(C)n(-c3ccccc3)c2C)n1. The number of anilines is 1. The van der Waals surface area contributed by atoms with E-state index in [0.717, 1.165) is 22.6 Å². The Labute approximate surface area is 139 Å². The minimum Gasteiger partial charge on any atom is -0.318 e. The Hall–Kier alpha value is -3.15. The van der Waals surface area contributed by atoms with Gasteiger partial charge in [-0.05, 0) is 39.0 Å². The molecule has 0 amide bonds. The van der Waals surface area contributed by atoms with Crippen molar-refractivity contribution < 1.29 is 0 Å². The summed E-state index contributed by atoms with van der Waals surface area (Å²) < 4.78 is 2.17. The largest absolute Gasteiger partial charge is 0.318 e. The Bertz CT molecular complexity index is 938. The molecule has 2 N–H and O–H groups in total. The van der Waals surface area contributed by atoms with Crippen molar-refractivity contribution in [3.05, 3.63) is 75.5 Å². The molecule has 1 aromatic carbocycles. The van der Waals surface area contributed by atoms with Crippen LogP contribution in [0.1, 0.15) is 22.6 Å². The quantitative estimate of drug-likeness (QED) is 0.573. The van der Waals surface area contributed by atoms with E-state index in [2.05, 4.69) is 50.2 Å². The predicted molar refractivity (Wildman–Crippen MR) is 96.1 cm³/mol. The van der Waals surface area contributed by atoms with Gasteiger partial charge in [-0.2, -0.15) is 5.10 Å². The number of hydrazone groups is 1. The number of aryl methyl sites for hydroxylation is 2. The van der Waals surface area contributed by atoms with Crippen LogP contribution in [0.4, 0.5) is 5.95 Å². The van der Waals surface area contributed by atoms with Gasteiger partial charge in [-0.3, -0.25) is 9.78 Å². The summed E-state index contributed by atoms with van der Waals surface area (Å²) in [5.74, 6) is 0.327. The van der Waals surface area contributed by atoms with E-state index in [1.807, 2.05) is 25.1 Å². The van der Waals surface area contributed by atoms with Crippen molar-refractivity contribution in [1.29, 1.82) is 0 Å². The van der Waals surface area contributed by atoms with Crippen LogP contribution < -0.4 is 11.0 Å². The maximum atomic E-state index is 11.4. The van der Waals surface area contributed by atoms with Crippen LogP contribution in [0.25, 0.3) is 5.69 Å². The fourth-order valence-electron chi connectivity index (χ4n) is 2.69. The average molecular weight is 321 g/mol. The summed E-state index contributed by atoms with van der Waals surface area (Å²) in [7, 11) is 0.